The van der Waals surface area contributed by atoms with Gasteiger partial charge in [-0.1, -0.05) is 85.6 Å². The van der Waals surface area contributed by atoms with Crippen LogP contribution in [0.15, 0.2) is 84.9 Å². The molecule has 0 radical (unpaired) electrons. The summed E-state index contributed by atoms with van der Waals surface area (Å²) in [5.41, 5.74) is 1.93. The van der Waals surface area contributed by atoms with Gasteiger partial charge in [0.1, 0.15) is 29.9 Å². The smallest absolute Gasteiger partial charge is 0.307 e. The summed E-state index contributed by atoms with van der Waals surface area (Å²) in [7, 11) is 1.41. The molecule has 5 amide bonds. The number of carbonyl (C=O) groups excluding carboxylic acids is 5. The maximum atomic E-state index is 14.1. The van der Waals surface area contributed by atoms with Crippen LogP contribution >= 0.6 is 0 Å². The first kappa shape index (κ1) is 42.5. The van der Waals surface area contributed by atoms with E-state index in [2.05, 4.69) is 26.6 Å². The number of nitrogens with one attached hydrogen (secondary N) is 5. The summed E-state index contributed by atoms with van der Waals surface area (Å²) in [4.78, 5) is 92.0. The third-order valence-corrected chi connectivity index (χ3v) is 9.79. The zero-order valence-electron chi connectivity index (χ0n) is 31.1. The van der Waals surface area contributed by atoms with E-state index in [0.29, 0.717) is 36.8 Å². The summed E-state index contributed by atoms with van der Waals surface area (Å²) in [6.45, 7) is 0. The van der Waals surface area contributed by atoms with E-state index < -0.39 is 83.9 Å². The highest BCUT2D eigenvalue weighted by atomic mass is 16.4. The normalized spacial score (nSPS) is 17.2. The third kappa shape index (κ3) is 13.0. The minimum Gasteiger partial charge on any atom is -0.508 e. The lowest BCUT2D eigenvalue weighted by Crippen LogP contribution is -2.59. The van der Waals surface area contributed by atoms with Crippen LogP contribution in [0.4, 0.5) is 0 Å². The summed E-state index contributed by atoms with van der Waals surface area (Å²) in [5, 5.41) is 42.2. The Morgan fingerprint density at radius 2 is 1.00 bits per heavy atom. The molecule has 8 N–H and O–H groups in total. The minimum atomic E-state index is -1.43. The van der Waals surface area contributed by atoms with Gasteiger partial charge in [0.05, 0.1) is 11.8 Å². The van der Waals surface area contributed by atoms with Crippen molar-refractivity contribution in [2.75, 3.05) is 7.05 Å². The van der Waals surface area contributed by atoms with Crippen LogP contribution in [-0.4, -0.2) is 88.0 Å². The van der Waals surface area contributed by atoms with Crippen molar-refractivity contribution in [2.45, 2.75) is 82.0 Å². The highest BCUT2D eigenvalue weighted by Crippen LogP contribution is 2.30. The summed E-state index contributed by atoms with van der Waals surface area (Å²) >= 11 is 0. The van der Waals surface area contributed by atoms with E-state index in [0.717, 1.165) is 5.56 Å². The van der Waals surface area contributed by atoms with Crippen molar-refractivity contribution in [2.24, 2.45) is 11.8 Å². The monoisotopic (exact) mass is 771 g/mol. The number of rotatable bonds is 19. The molecule has 0 aliphatic heterocycles. The zero-order chi connectivity index (χ0) is 40.6. The van der Waals surface area contributed by atoms with Crippen LogP contribution < -0.4 is 26.6 Å². The Morgan fingerprint density at radius 3 is 1.48 bits per heavy atom. The molecule has 4 rings (SSSR count). The van der Waals surface area contributed by atoms with E-state index in [4.69, 9.17) is 0 Å². The highest BCUT2D eigenvalue weighted by Gasteiger charge is 2.38. The Morgan fingerprint density at radius 1 is 0.571 bits per heavy atom. The zero-order valence-corrected chi connectivity index (χ0v) is 31.1. The maximum absolute atomic E-state index is 14.1. The van der Waals surface area contributed by atoms with E-state index in [9.17, 15) is 48.9 Å². The number of benzene rings is 3. The molecule has 298 valence electrons. The van der Waals surface area contributed by atoms with Crippen LogP contribution in [-0.2, 0) is 52.8 Å². The molecule has 1 fully saturated rings. The Kier molecular flexibility index (Phi) is 15.9. The number of carboxylic acid groups (broad SMARTS) is 2. The fourth-order valence-electron chi connectivity index (χ4n) is 6.74. The van der Waals surface area contributed by atoms with Crippen LogP contribution in [0.1, 0.15) is 55.2 Å². The molecule has 6 atom stereocenters. The topological polar surface area (TPSA) is 240 Å². The lowest BCUT2D eigenvalue weighted by molar-refractivity contribution is -0.149. The molecule has 0 saturated heterocycles. The number of carboxylic acids is 2. The van der Waals surface area contributed by atoms with Crippen LogP contribution in [0, 0.1) is 11.8 Å². The first-order valence-corrected chi connectivity index (χ1v) is 18.6. The third-order valence-electron chi connectivity index (χ3n) is 9.79. The van der Waals surface area contributed by atoms with E-state index in [1.165, 1.54) is 19.2 Å². The van der Waals surface area contributed by atoms with Gasteiger partial charge >= 0.3 is 11.9 Å². The van der Waals surface area contributed by atoms with Crippen LogP contribution in [0.2, 0.25) is 0 Å². The van der Waals surface area contributed by atoms with Gasteiger partial charge in [-0.05, 0) is 48.1 Å². The van der Waals surface area contributed by atoms with Gasteiger partial charge in [0.2, 0.25) is 29.5 Å². The van der Waals surface area contributed by atoms with E-state index in [1.54, 1.807) is 72.8 Å². The molecule has 1 aliphatic rings. The second kappa shape index (κ2) is 21.0. The Hall–Kier alpha value is -6.25. The van der Waals surface area contributed by atoms with E-state index in [1.807, 2.05) is 0 Å². The first-order valence-electron chi connectivity index (χ1n) is 18.6. The predicted molar refractivity (Wildman–Crippen MR) is 204 cm³/mol. The number of hydrogen-bond acceptors (Lipinski definition) is 8. The molecule has 15 heteroatoms. The lowest BCUT2D eigenvalue weighted by atomic mass is 9.78. The highest BCUT2D eigenvalue weighted by molar-refractivity contribution is 5.96. The van der Waals surface area contributed by atoms with Gasteiger partial charge in [-0.2, -0.15) is 0 Å². The van der Waals surface area contributed by atoms with Gasteiger partial charge in [0.15, 0.2) is 0 Å². The summed E-state index contributed by atoms with van der Waals surface area (Å²) in [6, 6.07) is 18.4. The van der Waals surface area contributed by atoms with Crippen molar-refractivity contribution < 1.29 is 48.9 Å². The molecule has 56 heavy (non-hydrogen) atoms. The Balaban J connectivity index is 1.60. The van der Waals surface area contributed by atoms with Crippen molar-refractivity contribution in [1.82, 2.24) is 26.6 Å². The number of aromatic hydroxyl groups is 1. The molecule has 15 nitrogen and oxygen atoms in total. The predicted octanol–water partition coefficient (Wildman–Crippen LogP) is 1.86. The number of hydrogen-bond donors (Lipinski definition) is 8. The first-order chi connectivity index (χ1) is 26.8. The minimum absolute atomic E-state index is 0.0203. The van der Waals surface area contributed by atoms with Gasteiger partial charge in [-0.15, -0.1) is 0 Å². The molecule has 1 saturated carbocycles. The number of aliphatic carboxylic acids is 2. The number of phenolic OH excluding ortho intramolecular Hbond substituents is 1. The van der Waals surface area contributed by atoms with Gasteiger partial charge in [0, 0.05) is 32.7 Å². The van der Waals surface area contributed by atoms with E-state index >= 15 is 0 Å². The average Bonchev–Trinajstić information content (AvgIpc) is 3.19. The molecular weight excluding hydrogens is 722 g/mol. The summed E-state index contributed by atoms with van der Waals surface area (Å²) in [5.74, 6) is -7.71. The largest absolute Gasteiger partial charge is 0.508 e. The Bertz CT molecular complexity index is 1820. The van der Waals surface area contributed by atoms with E-state index in [-0.39, 0.29) is 31.4 Å². The SMILES string of the molecule is CNC(=O)[C@H](Cc1ccccc1)NC(=O)[C@H](CCC(=O)O)NC(=O)[C@H](Cc1ccccc1)NC(=O)[C@H](Cc1ccc(O)cc1)NC(=O)[C@@H]1CCCC[C@H]1C(=O)O. The number of likely N-dealkylation sites (N-methyl/N-ethyl adjacent to an activating group) is 1. The molecule has 0 unspecified atom stereocenters. The molecule has 3 aromatic carbocycles. The number of carbonyl (C=O) groups is 7. The molecule has 0 aromatic heterocycles. The van der Waals surface area contributed by atoms with Crippen molar-refractivity contribution in [3.05, 3.63) is 102 Å². The molecule has 1 aliphatic carbocycles. The summed E-state index contributed by atoms with van der Waals surface area (Å²) in [6.07, 6.45) is 1.06. The van der Waals surface area contributed by atoms with Crippen LogP contribution in [0.25, 0.3) is 0 Å². The van der Waals surface area contributed by atoms with Crippen molar-refractivity contribution >= 4 is 41.5 Å². The lowest BCUT2D eigenvalue weighted by Gasteiger charge is -2.30. The maximum Gasteiger partial charge on any atom is 0.307 e. The summed E-state index contributed by atoms with van der Waals surface area (Å²) < 4.78 is 0. The molecular formula is C41H49N5O10. The van der Waals surface area contributed by atoms with Gasteiger partial charge < -0.3 is 41.9 Å². The standard InChI is InChI=1S/C41H49N5O10/c1-42-37(51)32(22-25-10-4-2-5-11-25)45-38(52)31(20-21-35(48)49)43-39(53)34(23-26-12-6-3-7-13-26)46-40(54)33(24-27-16-18-28(47)19-17-27)44-36(50)29-14-8-9-15-30(29)41(55)56/h2-7,10-13,16-19,29-34,47H,8-9,14-15,20-24H2,1H3,(H,42,51)(H,43,53)(H,44,50)(H,45,52)(H,46,54)(H,48,49)(H,55,56)/t29-,30-,31+,32+,33+,34+/m1/s1. The van der Waals surface area contributed by atoms with Gasteiger partial charge in [-0.3, -0.25) is 33.6 Å². The van der Waals surface area contributed by atoms with Crippen molar-refractivity contribution in [1.29, 1.82) is 0 Å². The number of phenols is 1. The quantitative estimate of drug-likeness (QED) is 0.0880. The van der Waals surface area contributed by atoms with Gasteiger partial charge in [-0.25, -0.2) is 0 Å². The second-order valence-electron chi connectivity index (χ2n) is 13.9. The van der Waals surface area contributed by atoms with Crippen LogP contribution in [0.3, 0.4) is 0 Å². The van der Waals surface area contributed by atoms with Gasteiger partial charge in [0.25, 0.3) is 0 Å². The molecule has 3 aromatic rings. The average molecular weight is 772 g/mol. The second-order valence-corrected chi connectivity index (χ2v) is 13.9. The van der Waals surface area contributed by atoms with Crippen molar-refractivity contribution in [3.63, 3.8) is 0 Å². The molecule has 0 bridgehead atoms. The van der Waals surface area contributed by atoms with Crippen molar-refractivity contribution in [3.8, 4) is 5.75 Å². The fourth-order valence-corrected chi connectivity index (χ4v) is 6.74. The Labute approximate surface area is 324 Å². The number of amides is 5. The molecule has 0 heterocycles. The molecule has 0 spiro atoms. The fraction of sp³-hybridized carbons (Fsp3) is 0.390. The van der Waals surface area contributed by atoms with Crippen LogP contribution in [0.5, 0.6) is 5.75 Å².